The molecule has 0 spiro atoms. The van der Waals surface area contributed by atoms with E-state index >= 15 is 0 Å². The smallest absolute Gasteiger partial charge is 0.239 e. The number of amides is 2. The van der Waals surface area contributed by atoms with Gasteiger partial charge < -0.3 is 10.6 Å². The Bertz CT molecular complexity index is 703. The first-order valence-corrected chi connectivity index (χ1v) is 8.05. The first-order valence-electron chi connectivity index (χ1n) is 8.05. The molecule has 1 saturated heterocycles. The summed E-state index contributed by atoms with van der Waals surface area (Å²) >= 11 is 0. The summed E-state index contributed by atoms with van der Waals surface area (Å²) in [4.78, 5) is 25.9. The van der Waals surface area contributed by atoms with Crippen molar-refractivity contribution in [1.82, 2.24) is 10.2 Å². The van der Waals surface area contributed by atoms with Crippen molar-refractivity contribution in [3.8, 4) is 0 Å². The number of likely N-dealkylation sites (tertiary alicyclic amines) is 1. The van der Waals surface area contributed by atoms with E-state index in [0.29, 0.717) is 19.5 Å². The molecule has 0 radical (unpaired) electrons. The van der Waals surface area contributed by atoms with Crippen molar-refractivity contribution in [1.29, 1.82) is 0 Å². The molecular formula is C19H21N3O2. The molecule has 1 fully saturated rings. The number of primary amides is 1. The predicted octanol–water partition coefficient (Wildman–Crippen LogP) is 1.60. The van der Waals surface area contributed by atoms with Gasteiger partial charge in [0.25, 0.3) is 0 Å². The lowest BCUT2D eigenvalue weighted by Gasteiger charge is -2.21. The molecule has 1 aliphatic heterocycles. The topological polar surface area (TPSA) is 75.4 Å². The summed E-state index contributed by atoms with van der Waals surface area (Å²) in [6.45, 7) is 1.16. The minimum Gasteiger partial charge on any atom is -0.368 e. The molecule has 0 unspecified atom stereocenters. The van der Waals surface area contributed by atoms with E-state index in [0.717, 1.165) is 11.1 Å². The van der Waals surface area contributed by atoms with Crippen LogP contribution in [0.4, 0.5) is 0 Å². The summed E-state index contributed by atoms with van der Waals surface area (Å²) in [6, 6.07) is 18.6. The van der Waals surface area contributed by atoms with Gasteiger partial charge in [-0.25, -0.2) is 0 Å². The Hall–Kier alpha value is -2.66. The maximum Gasteiger partial charge on any atom is 0.239 e. The lowest BCUT2D eigenvalue weighted by Crippen LogP contribution is -2.41. The van der Waals surface area contributed by atoms with Crippen LogP contribution in [-0.2, 0) is 16.1 Å². The van der Waals surface area contributed by atoms with E-state index in [1.165, 1.54) is 0 Å². The van der Waals surface area contributed by atoms with Crippen molar-refractivity contribution in [2.75, 3.05) is 6.54 Å². The molecular weight excluding hydrogens is 302 g/mol. The Kier molecular flexibility index (Phi) is 4.91. The van der Waals surface area contributed by atoms with Gasteiger partial charge >= 0.3 is 0 Å². The van der Waals surface area contributed by atoms with E-state index in [4.69, 9.17) is 5.73 Å². The second-order valence-electron chi connectivity index (χ2n) is 6.07. The Morgan fingerprint density at radius 3 is 2.38 bits per heavy atom. The Labute approximate surface area is 141 Å². The Balaban J connectivity index is 1.65. The SMILES string of the molecule is NC(=O)[C@H](N[C@H]1CC(=O)N(Cc2ccccc2)C1)c1ccccc1. The van der Waals surface area contributed by atoms with Crippen molar-refractivity contribution in [3.05, 3.63) is 71.8 Å². The average Bonchev–Trinajstić information content (AvgIpc) is 2.94. The van der Waals surface area contributed by atoms with E-state index in [-0.39, 0.29) is 11.9 Å². The Morgan fingerprint density at radius 1 is 1.12 bits per heavy atom. The third-order valence-electron chi connectivity index (χ3n) is 4.25. The molecule has 3 rings (SSSR count). The number of hydrogen-bond acceptors (Lipinski definition) is 3. The van der Waals surface area contributed by atoms with Crippen LogP contribution in [0.15, 0.2) is 60.7 Å². The highest BCUT2D eigenvalue weighted by Crippen LogP contribution is 2.19. The molecule has 2 aromatic carbocycles. The van der Waals surface area contributed by atoms with Gasteiger partial charge in [-0.1, -0.05) is 60.7 Å². The van der Waals surface area contributed by atoms with Crippen LogP contribution in [0.2, 0.25) is 0 Å². The molecule has 5 heteroatoms. The number of carbonyl (C=O) groups excluding carboxylic acids is 2. The second-order valence-corrected chi connectivity index (χ2v) is 6.07. The van der Waals surface area contributed by atoms with Gasteiger partial charge in [-0.3, -0.25) is 14.9 Å². The summed E-state index contributed by atoms with van der Waals surface area (Å²) < 4.78 is 0. The number of nitrogens with one attached hydrogen (secondary N) is 1. The average molecular weight is 323 g/mol. The first kappa shape index (κ1) is 16.2. The highest BCUT2D eigenvalue weighted by Gasteiger charge is 2.32. The molecule has 0 bridgehead atoms. The molecule has 3 N–H and O–H groups in total. The van der Waals surface area contributed by atoms with Crippen molar-refractivity contribution in [3.63, 3.8) is 0 Å². The molecule has 2 atom stereocenters. The van der Waals surface area contributed by atoms with Gasteiger partial charge in [0.15, 0.2) is 0 Å². The van der Waals surface area contributed by atoms with Crippen LogP contribution in [0.1, 0.15) is 23.6 Å². The van der Waals surface area contributed by atoms with Crippen molar-refractivity contribution >= 4 is 11.8 Å². The Morgan fingerprint density at radius 2 is 1.75 bits per heavy atom. The van der Waals surface area contributed by atoms with Gasteiger partial charge in [0.2, 0.25) is 11.8 Å². The first-order chi connectivity index (χ1) is 11.6. The summed E-state index contributed by atoms with van der Waals surface area (Å²) in [7, 11) is 0. The van der Waals surface area contributed by atoms with E-state index in [1.807, 2.05) is 65.6 Å². The molecule has 124 valence electrons. The number of nitrogens with two attached hydrogens (primary N) is 1. The fourth-order valence-corrected chi connectivity index (χ4v) is 3.06. The van der Waals surface area contributed by atoms with Gasteiger partial charge in [-0.2, -0.15) is 0 Å². The molecule has 2 amide bonds. The summed E-state index contributed by atoms with van der Waals surface area (Å²) in [6.07, 6.45) is 0.378. The summed E-state index contributed by atoms with van der Waals surface area (Å²) in [5.41, 5.74) is 7.46. The van der Waals surface area contributed by atoms with Crippen molar-refractivity contribution < 1.29 is 9.59 Å². The molecule has 1 aliphatic rings. The highest BCUT2D eigenvalue weighted by atomic mass is 16.2. The van der Waals surface area contributed by atoms with Gasteiger partial charge in [0, 0.05) is 25.6 Å². The predicted molar refractivity (Wildman–Crippen MR) is 91.8 cm³/mol. The second kappa shape index (κ2) is 7.27. The lowest BCUT2D eigenvalue weighted by atomic mass is 10.1. The molecule has 0 aromatic heterocycles. The molecule has 1 heterocycles. The van der Waals surface area contributed by atoms with Gasteiger partial charge in [0.1, 0.15) is 6.04 Å². The van der Waals surface area contributed by atoms with Crippen LogP contribution < -0.4 is 11.1 Å². The summed E-state index contributed by atoms with van der Waals surface area (Å²) in [5.74, 6) is -0.345. The molecule has 0 saturated carbocycles. The third-order valence-corrected chi connectivity index (χ3v) is 4.25. The van der Waals surface area contributed by atoms with Crippen molar-refractivity contribution in [2.24, 2.45) is 5.73 Å². The van der Waals surface area contributed by atoms with Gasteiger partial charge in [-0.15, -0.1) is 0 Å². The van der Waals surface area contributed by atoms with Crippen LogP contribution in [0.25, 0.3) is 0 Å². The van der Waals surface area contributed by atoms with Crippen molar-refractivity contribution in [2.45, 2.75) is 25.0 Å². The number of carbonyl (C=O) groups is 2. The molecule has 2 aromatic rings. The normalized spacial score (nSPS) is 18.6. The minimum atomic E-state index is -0.583. The fraction of sp³-hybridized carbons (Fsp3) is 0.263. The molecule has 24 heavy (non-hydrogen) atoms. The zero-order valence-electron chi connectivity index (χ0n) is 13.4. The fourth-order valence-electron chi connectivity index (χ4n) is 3.06. The zero-order valence-corrected chi connectivity index (χ0v) is 13.4. The quantitative estimate of drug-likeness (QED) is 0.848. The van der Waals surface area contributed by atoms with Crippen LogP contribution in [0.3, 0.4) is 0 Å². The third kappa shape index (κ3) is 3.81. The minimum absolute atomic E-state index is 0.0843. The number of hydrogen-bond donors (Lipinski definition) is 2. The van der Waals surface area contributed by atoms with Crippen LogP contribution >= 0.6 is 0 Å². The lowest BCUT2D eigenvalue weighted by molar-refractivity contribution is -0.128. The highest BCUT2D eigenvalue weighted by molar-refractivity contribution is 5.82. The molecule has 0 aliphatic carbocycles. The number of nitrogens with zero attached hydrogens (tertiary/aromatic N) is 1. The van der Waals surface area contributed by atoms with Crippen LogP contribution in [-0.4, -0.2) is 29.3 Å². The van der Waals surface area contributed by atoms with Gasteiger partial charge in [-0.05, 0) is 11.1 Å². The maximum atomic E-state index is 12.2. The van der Waals surface area contributed by atoms with Crippen LogP contribution in [0, 0.1) is 0 Å². The zero-order chi connectivity index (χ0) is 16.9. The number of benzene rings is 2. The van der Waals surface area contributed by atoms with E-state index in [9.17, 15) is 9.59 Å². The maximum absolute atomic E-state index is 12.2. The standard InChI is InChI=1S/C19H21N3O2/c20-19(24)18(15-9-5-2-6-10-15)21-16-11-17(23)22(13-16)12-14-7-3-1-4-8-14/h1-10,16,18,21H,11-13H2,(H2,20,24)/t16-,18+/m0/s1. The van der Waals surface area contributed by atoms with Gasteiger partial charge in [0.05, 0.1) is 0 Å². The van der Waals surface area contributed by atoms with Crippen LogP contribution in [0.5, 0.6) is 0 Å². The summed E-state index contributed by atoms with van der Waals surface area (Å²) in [5, 5.41) is 3.24. The van der Waals surface area contributed by atoms with E-state index in [2.05, 4.69) is 5.32 Å². The van der Waals surface area contributed by atoms with E-state index in [1.54, 1.807) is 0 Å². The van der Waals surface area contributed by atoms with E-state index < -0.39 is 11.9 Å². The number of rotatable bonds is 6. The molecule has 5 nitrogen and oxygen atoms in total. The monoisotopic (exact) mass is 323 g/mol. The largest absolute Gasteiger partial charge is 0.368 e.